The lowest BCUT2D eigenvalue weighted by atomic mass is 10.2. The third kappa shape index (κ3) is 4.16. The van der Waals surface area contributed by atoms with E-state index in [1.54, 1.807) is 24.3 Å². The molecular formula is C15H12ClF2NO2. The first-order chi connectivity index (χ1) is 10.1. The molecule has 0 aromatic heterocycles. The fourth-order valence-electron chi connectivity index (χ4n) is 1.66. The Bertz CT molecular complexity index is 649. The smallest absolute Gasteiger partial charge is 0.252 e. The van der Waals surface area contributed by atoms with Gasteiger partial charge in [0.05, 0.1) is 17.1 Å². The summed E-state index contributed by atoms with van der Waals surface area (Å²) in [6.07, 6.45) is 0. The van der Waals surface area contributed by atoms with Gasteiger partial charge >= 0.3 is 0 Å². The van der Waals surface area contributed by atoms with Gasteiger partial charge in [-0.25, -0.2) is 8.78 Å². The maximum atomic E-state index is 13.3. The zero-order chi connectivity index (χ0) is 15.2. The molecule has 0 heterocycles. The van der Waals surface area contributed by atoms with Crippen LogP contribution in [0.3, 0.4) is 0 Å². The van der Waals surface area contributed by atoms with Crippen LogP contribution in [0.25, 0.3) is 0 Å². The molecule has 0 saturated heterocycles. The van der Waals surface area contributed by atoms with Crippen molar-refractivity contribution in [3.05, 3.63) is 64.7 Å². The van der Waals surface area contributed by atoms with Gasteiger partial charge in [-0.2, -0.15) is 0 Å². The van der Waals surface area contributed by atoms with Crippen molar-refractivity contribution in [2.45, 2.75) is 0 Å². The van der Waals surface area contributed by atoms with E-state index < -0.39 is 11.6 Å². The number of benzene rings is 2. The van der Waals surface area contributed by atoms with E-state index in [1.165, 1.54) is 6.07 Å². The van der Waals surface area contributed by atoms with Crippen molar-refractivity contribution >= 4 is 17.5 Å². The Morgan fingerprint density at radius 3 is 2.67 bits per heavy atom. The van der Waals surface area contributed by atoms with Gasteiger partial charge in [-0.3, -0.25) is 4.79 Å². The molecule has 0 radical (unpaired) electrons. The average Bonchev–Trinajstić information content (AvgIpc) is 2.45. The normalized spacial score (nSPS) is 10.2. The monoisotopic (exact) mass is 311 g/mol. The molecule has 0 aliphatic rings. The van der Waals surface area contributed by atoms with Gasteiger partial charge in [-0.05, 0) is 24.3 Å². The number of amides is 1. The maximum Gasteiger partial charge on any atom is 0.252 e. The Morgan fingerprint density at radius 2 is 1.95 bits per heavy atom. The lowest BCUT2D eigenvalue weighted by Gasteiger charge is -2.09. The summed E-state index contributed by atoms with van der Waals surface area (Å²) >= 11 is 5.89. The minimum Gasteiger partial charge on any atom is -0.489 e. The van der Waals surface area contributed by atoms with Crippen LogP contribution in [0.2, 0.25) is 5.02 Å². The first-order valence-corrected chi connectivity index (χ1v) is 6.56. The van der Waals surface area contributed by atoms with Crippen LogP contribution in [0, 0.1) is 11.6 Å². The summed E-state index contributed by atoms with van der Waals surface area (Å²) in [4.78, 5) is 11.8. The summed E-state index contributed by atoms with van der Waals surface area (Å²) in [5, 5.41) is 2.94. The molecule has 2 rings (SSSR count). The predicted molar refractivity (Wildman–Crippen MR) is 75.6 cm³/mol. The highest BCUT2D eigenvalue weighted by atomic mass is 35.5. The van der Waals surface area contributed by atoms with Crippen molar-refractivity contribution in [2.24, 2.45) is 0 Å². The molecule has 2 aromatic rings. The quantitative estimate of drug-likeness (QED) is 0.859. The van der Waals surface area contributed by atoms with Crippen molar-refractivity contribution in [1.29, 1.82) is 0 Å². The lowest BCUT2D eigenvalue weighted by Crippen LogP contribution is -2.28. The number of ether oxygens (including phenoxy) is 1. The standard InChI is InChI=1S/C15H12ClF2NO2/c16-12-4-2-1-3-11(12)15(20)19-7-8-21-14-6-5-10(17)9-13(14)18/h1-6,9H,7-8H2,(H,19,20). The first-order valence-electron chi connectivity index (χ1n) is 6.18. The van der Waals surface area contributed by atoms with Crippen molar-refractivity contribution in [3.63, 3.8) is 0 Å². The van der Waals surface area contributed by atoms with Gasteiger partial charge in [0, 0.05) is 6.07 Å². The number of nitrogens with one attached hydrogen (secondary N) is 1. The first kappa shape index (κ1) is 15.3. The van der Waals surface area contributed by atoms with E-state index in [9.17, 15) is 13.6 Å². The number of rotatable bonds is 5. The number of carbonyl (C=O) groups is 1. The molecule has 21 heavy (non-hydrogen) atoms. The molecule has 0 fully saturated rings. The van der Waals surface area contributed by atoms with E-state index >= 15 is 0 Å². The van der Waals surface area contributed by atoms with Crippen LogP contribution in [-0.4, -0.2) is 19.1 Å². The van der Waals surface area contributed by atoms with Crippen LogP contribution in [-0.2, 0) is 0 Å². The van der Waals surface area contributed by atoms with Gasteiger partial charge in [-0.15, -0.1) is 0 Å². The fourth-order valence-corrected chi connectivity index (χ4v) is 1.88. The van der Waals surface area contributed by atoms with Crippen LogP contribution >= 0.6 is 11.6 Å². The van der Waals surface area contributed by atoms with Crippen LogP contribution in [0.15, 0.2) is 42.5 Å². The third-order valence-corrected chi connectivity index (χ3v) is 2.99. The van der Waals surface area contributed by atoms with E-state index in [-0.39, 0.29) is 24.8 Å². The topological polar surface area (TPSA) is 38.3 Å². The van der Waals surface area contributed by atoms with E-state index in [4.69, 9.17) is 16.3 Å². The van der Waals surface area contributed by atoms with E-state index in [0.29, 0.717) is 10.6 Å². The number of halogens is 3. The molecule has 3 nitrogen and oxygen atoms in total. The predicted octanol–water partition coefficient (Wildman–Crippen LogP) is 3.43. The molecule has 0 spiro atoms. The molecular weight excluding hydrogens is 300 g/mol. The van der Waals surface area contributed by atoms with Crippen molar-refractivity contribution in [2.75, 3.05) is 13.2 Å². The summed E-state index contributed by atoms with van der Waals surface area (Å²) in [6.45, 7) is 0.222. The molecule has 0 atom stereocenters. The largest absolute Gasteiger partial charge is 0.489 e. The second-order valence-corrected chi connectivity index (χ2v) is 4.57. The zero-order valence-corrected chi connectivity index (χ0v) is 11.7. The van der Waals surface area contributed by atoms with Gasteiger partial charge in [0.1, 0.15) is 12.4 Å². The molecule has 0 bridgehead atoms. The highest BCUT2D eigenvalue weighted by Crippen LogP contribution is 2.17. The third-order valence-electron chi connectivity index (χ3n) is 2.66. The van der Waals surface area contributed by atoms with Gasteiger partial charge in [0.2, 0.25) is 0 Å². The summed E-state index contributed by atoms with van der Waals surface area (Å²) < 4.78 is 31.1. The van der Waals surface area contributed by atoms with Crippen LogP contribution in [0.5, 0.6) is 5.75 Å². The van der Waals surface area contributed by atoms with Crippen LogP contribution < -0.4 is 10.1 Å². The van der Waals surface area contributed by atoms with Crippen LogP contribution in [0.1, 0.15) is 10.4 Å². The highest BCUT2D eigenvalue weighted by molar-refractivity contribution is 6.33. The van der Waals surface area contributed by atoms with Gasteiger partial charge in [0.15, 0.2) is 11.6 Å². The molecule has 110 valence electrons. The lowest BCUT2D eigenvalue weighted by molar-refractivity contribution is 0.0947. The Morgan fingerprint density at radius 1 is 1.19 bits per heavy atom. The summed E-state index contributed by atoms with van der Waals surface area (Å²) in [5.74, 6) is -1.87. The van der Waals surface area contributed by atoms with E-state index in [1.807, 2.05) is 0 Å². The minimum absolute atomic E-state index is 0.0543. The Hall–Kier alpha value is -2.14. The van der Waals surface area contributed by atoms with Gasteiger partial charge < -0.3 is 10.1 Å². The summed E-state index contributed by atoms with van der Waals surface area (Å²) in [5.41, 5.74) is 0.354. The van der Waals surface area contributed by atoms with Crippen molar-refractivity contribution in [3.8, 4) is 5.75 Å². The van der Waals surface area contributed by atoms with E-state index in [2.05, 4.69) is 5.32 Å². The SMILES string of the molecule is O=C(NCCOc1ccc(F)cc1F)c1ccccc1Cl. The van der Waals surface area contributed by atoms with Gasteiger partial charge in [-0.1, -0.05) is 23.7 Å². The second-order valence-electron chi connectivity index (χ2n) is 4.16. The fraction of sp³-hybridized carbons (Fsp3) is 0.133. The molecule has 1 amide bonds. The van der Waals surface area contributed by atoms with Crippen LogP contribution in [0.4, 0.5) is 8.78 Å². The Balaban J connectivity index is 1.82. The molecule has 0 unspecified atom stereocenters. The maximum absolute atomic E-state index is 13.3. The Kier molecular flexibility index (Phi) is 5.11. The average molecular weight is 312 g/mol. The molecule has 0 aliphatic carbocycles. The second kappa shape index (κ2) is 7.04. The molecule has 1 N–H and O–H groups in total. The number of hydrogen-bond donors (Lipinski definition) is 1. The van der Waals surface area contributed by atoms with Crippen molar-refractivity contribution in [1.82, 2.24) is 5.32 Å². The number of carbonyl (C=O) groups excluding carboxylic acids is 1. The molecule has 0 aliphatic heterocycles. The van der Waals surface area contributed by atoms with Crippen molar-refractivity contribution < 1.29 is 18.3 Å². The Labute approximate surface area is 125 Å². The van der Waals surface area contributed by atoms with Gasteiger partial charge in [0.25, 0.3) is 5.91 Å². The zero-order valence-electron chi connectivity index (χ0n) is 10.9. The molecule has 0 saturated carbocycles. The van der Waals surface area contributed by atoms with E-state index in [0.717, 1.165) is 12.1 Å². The molecule has 6 heteroatoms. The molecule has 2 aromatic carbocycles. The minimum atomic E-state index is -0.785. The highest BCUT2D eigenvalue weighted by Gasteiger charge is 2.09. The summed E-state index contributed by atoms with van der Waals surface area (Å²) in [7, 11) is 0. The summed E-state index contributed by atoms with van der Waals surface area (Å²) in [6, 6.07) is 9.66. The number of hydrogen-bond acceptors (Lipinski definition) is 2.